The summed E-state index contributed by atoms with van der Waals surface area (Å²) >= 11 is 6.38. The molecule has 30 heavy (non-hydrogen) atoms. The zero-order valence-corrected chi connectivity index (χ0v) is 17.7. The maximum atomic E-state index is 13.8. The van der Waals surface area contributed by atoms with Gasteiger partial charge in [-0.25, -0.2) is 4.39 Å². The molecule has 4 nitrogen and oxygen atoms in total. The number of halogens is 2. The largest absolute Gasteiger partial charge is 0.489 e. The van der Waals surface area contributed by atoms with Crippen molar-refractivity contribution in [1.29, 1.82) is 0 Å². The average molecular weight is 429 g/mol. The minimum Gasteiger partial charge on any atom is -0.489 e. The Morgan fingerprint density at radius 3 is 2.70 bits per heavy atom. The van der Waals surface area contributed by atoms with Crippen LogP contribution < -0.4 is 16.0 Å². The predicted molar refractivity (Wildman–Crippen MR) is 119 cm³/mol. The second-order valence-corrected chi connectivity index (χ2v) is 8.46. The van der Waals surface area contributed by atoms with E-state index in [9.17, 15) is 9.18 Å². The van der Waals surface area contributed by atoms with E-state index in [0.29, 0.717) is 22.1 Å². The number of aromatic amines is 1. The first-order valence-corrected chi connectivity index (χ1v) is 10.9. The third-order valence-corrected chi connectivity index (χ3v) is 6.42. The van der Waals surface area contributed by atoms with Crippen molar-refractivity contribution in [1.82, 2.24) is 4.98 Å². The highest BCUT2D eigenvalue weighted by Gasteiger charge is 2.27. The maximum Gasteiger partial charge on any atom is 0.255 e. The Morgan fingerprint density at radius 2 is 1.97 bits per heavy atom. The molecule has 1 fully saturated rings. The summed E-state index contributed by atoms with van der Waals surface area (Å²) in [5.41, 5.74) is 8.16. The highest BCUT2D eigenvalue weighted by atomic mass is 35.5. The van der Waals surface area contributed by atoms with Crippen molar-refractivity contribution in [3.05, 3.63) is 74.9 Å². The lowest BCUT2D eigenvalue weighted by molar-refractivity contribution is 0.146. The van der Waals surface area contributed by atoms with Crippen molar-refractivity contribution < 1.29 is 9.13 Å². The molecule has 1 saturated carbocycles. The molecule has 1 aromatic heterocycles. The molecule has 0 unspecified atom stereocenters. The SMILES string of the molecule is CC[C@H](N)c1cc(F)ccc1C1CCC(Oc2cc3cc[nH]c(=O)c3cc2Cl)CC1. The smallest absolute Gasteiger partial charge is 0.255 e. The predicted octanol–water partition coefficient (Wildman–Crippen LogP) is 5.84. The molecule has 3 N–H and O–H groups in total. The fourth-order valence-corrected chi connectivity index (χ4v) is 4.62. The molecule has 1 atom stereocenters. The van der Waals surface area contributed by atoms with Crippen LogP contribution in [-0.4, -0.2) is 11.1 Å². The van der Waals surface area contributed by atoms with Gasteiger partial charge in [0.05, 0.1) is 11.1 Å². The van der Waals surface area contributed by atoms with Crippen LogP contribution in [0.2, 0.25) is 5.02 Å². The third kappa shape index (κ3) is 4.23. The summed E-state index contributed by atoms with van der Waals surface area (Å²) in [4.78, 5) is 14.6. The molecule has 0 saturated heterocycles. The number of hydrogen-bond donors (Lipinski definition) is 2. The lowest BCUT2D eigenvalue weighted by Crippen LogP contribution is -2.24. The van der Waals surface area contributed by atoms with Crippen molar-refractivity contribution >= 4 is 22.4 Å². The summed E-state index contributed by atoms with van der Waals surface area (Å²) < 4.78 is 20.0. The molecule has 3 aromatic rings. The highest BCUT2D eigenvalue weighted by molar-refractivity contribution is 6.32. The van der Waals surface area contributed by atoms with Gasteiger partial charge in [-0.1, -0.05) is 24.6 Å². The summed E-state index contributed by atoms with van der Waals surface area (Å²) in [6, 6.07) is 10.2. The average Bonchev–Trinajstić information content (AvgIpc) is 2.75. The fraction of sp³-hybridized carbons (Fsp3) is 0.375. The normalized spacial score (nSPS) is 20.3. The van der Waals surface area contributed by atoms with E-state index in [4.69, 9.17) is 22.1 Å². The van der Waals surface area contributed by atoms with Crippen LogP contribution in [0.5, 0.6) is 5.75 Å². The molecule has 2 aromatic carbocycles. The van der Waals surface area contributed by atoms with E-state index in [1.165, 1.54) is 6.07 Å². The second-order valence-electron chi connectivity index (χ2n) is 8.06. The molecule has 0 amide bonds. The quantitative estimate of drug-likeness (QED) is 0.536. The molecule has 6 heteroatoms. The molecule has 1 aliphatic rings. The summed E-state index contributed by atoms with van der Waals surface area (Å²) in [6.07, 6.45) is 6.11. The molecule has 0 spiro atoms. The number of hydrogen-bond acceptors (Lipinski definition) is 3. The van der Waals surface area contributed by atoms with Crippen LogP contribution in [0.15, 0.2) is 47.4 Å². The number of ether oxygens (including phenoxy) is 1. The van der Waals surface area contributed by atoms with E-state index in [1.54, 1.807) is 18.3 Å². The van der Waals surface area contributed by atoms with Gasteiger partial charge in [-0.2, -0.15) is 0 Å². The van der Waals surface area contributed by atoms with Crippen LogP contribution in [0.1, 0.15) is 62.1 Å². The Morgan fingerprint density at radius 1 is 1.20 bits per heavy atom. The first-order chi connectivity index (χ1) is 14.5. The van der Waals surface area contributed by atoms with Crippen LogP contribution in [0.4, 0.5) is 4.39 Å². The van der Waals surface area contributed by atoms with Gasteiger partial charge in [-0.3, -0.25) is 4.79 Å². The summed E-state index contributed by atoms with van der Waals surface area (Å²) in [5, 5.41) is 1.79. The van der Waals surface area contributed by atoms with Crippen LogP contribution in [0.3, 0.4) is 0 Å². The third-order valence-electron chi connectivity index (χ3n) is 6.12. The first-order valence-electron chi connectivity index (χ1n) is 10.5. The van der Waals surface area contributed by atoms with E-state index < -0.39 is 0 Å². The van der Waals surface area contributed by atoms with Crippen LogP contribution in [-0.2, 0) is 0 Å². The summed E-state index contributed by atoms with van der Waals surface area (Å²) in [5.74, 6) is 0.719. The van der Waals surface area contributed by atoms with E-state index in [2.05, 4.69) is 4.98 Å². The monoisotopic (exact) mass is 428 g/mol. The van der Waals surface area contributed by atoms with E-state index in [-0.39, 0.29) is 23.5 Å². The van der Waals surface area contributed by atoms with Crippen molar-refractivity contribution in [3.63, 3.8) is 0 Å². The van der Waals surface area contributed by atoms with Gasteiger partial charge >= 0.3 is 0 Å². The van der Waals surface area contributed by atoms with Crippen LogP contribution in [0, 0.1) is 5.82 Å². The second kappa shape index (κ2) is 8.78. The molecule has 0 radical (unpaired) electrons. The van der Waals surface area contributed by atoms with Crippen LogP contribution >= 0.6 is 11.6 Å². The lowest BCUT2D eigenvalue weighted by Gasteiger charge is -2.31. The minimum atomic E-state index is -0.237. The molecule has 1 aliphatic carbocycles. The van der Waals surface area contributed by atoms with Gasteiger partial charge in [-0.15, -0.1) is 0 Å². The van der Waals surface area contributed by atoms with E-state index >= 15 is 0 Å². The van der Waals surface area contributed by atoms with E-state index in [1.807, 2.05) is 25.1 Å². The standard InChI is InChI=1S/C24H26ClFN2O2/c1-2-22(27)20-12-16(26)5-8-18(20)14-3-6-17(7-4-14)30-23-11-15-9-10-28-24(29)19(15)13-21(23)25/h5,8-14,17,22H,2-4,6-7,27H2,1H3,(H,28,29)/t14?,17?,22-/m0/s1. The number of H-pyrrole nitrogens is 1. The van der Waals surface area contributed by atoms with Crippen molar-refractivity contribution in [2.24, 2.45) is 5.73 Å². The van der Waals surface area contributed by atoms with Gasteiger partial charge in [0.1, 0.15) is 11.6 Å². The number of nitrogens with one attached hydrogen (secondary N) is 1. The zero-order chi connectivity index (χ0) is 21.3. The zero-order valence-electron chi connectivity index (χ0n) is 17.0. The Hall–Kier alpha value is -2.37. The molecular formula is C24H26ClFN2O2. The Bertz CT molecular complexity index is 1110. The minimum absolute atomic E-state index is 0.0574. The Balaban J connectivity index is 1.48. The summed E-state index contributed by atoms with van der Waals surface area (Å²) in [7, 11) is 0. The van der Waals surface area contributed by atoms with Crippen molar-refractivity contribution in [2.75, 3.05) is 0 Å². The summed E-state index contributed by atoms with van der Waals surface area (Å²) in [6.45, 7) is 2.02. The molecule has 4 rings (SSSR count). The van der Waals surface area contributed by atoms with Gasteiger partial charge < -0.3 is 15.5 Å². The number of pyridine rings is 1. The molecule has 0 aliphatic heterocycles. The molecule has 158 valence electrons. The number of benzene rings is 2. The van der Waals surface area contributed by atoms with Crippen LogP contribution in [0.25, 0.3) is 10.8 Å². The molecule has 1 heterocycles. The number of nitrogens with two attached hydrogens (primary N) is 1. The Kier molecular flexibility index (Phi) is 6.11. The van der Waals surface area contributed by atoms with Crippen molar-refractivity contribution in [3.8, 4) is 5.75 Å². The molecular weight excluding hydrogens is 403 g/mol. The van der Waals surface area contributed by atoms with Gasteiger partial charge in [0, 0.05) is 17.6 Å². The van der Waals surface area contributed by atoms with E-state index in [0.717, 1.165) is 48.6 Å². The van der Waals surface area contributed by atoms with Gasteiger partial charge in [0.15, 0.2) is 0 Å². The van der Waals surface area contributed by atoms with Gasteiger partial charge in [-0.05, 0) is 84.9 Å². The topological polar surface area (TPSA) is 68.1 Å². The fourth-order valence-electron chi connectivity index (χ4n) is 4.41. The van der Waals surface area contributed by atoms with Gasteiger partial charge in [0.2, 0.25) is 0 Å². The Labute approximate surface area is 180 Å². The number of fused-ring (bicyclic) bond motifs is 1. The molecule has 0 bridgehead atoms. The maximum absolute atomic E-state index is 13.8. The first kappa shape index (κ1) is 20.9. The number of aromatic nitrogens is 1. The van der Waals surface area contributed by atoms with Crippen molar-refractivity contribution in [2.45, 2.75) is 57.1 Å². The number of rotatable bonds is 5. The highest BCUT2D eigenvalue weighted by Crippen LogP contribution is 2.39. The lowest BCUT2D eigenvalue weighted by atomic mass is 9.79. The van der Waals surface area contributed by atoms with Gasteiger partial charge in [0.25, 0.3) is 5.56 Å².